The zero-order valence-electron chi connectivity index (χ0n) is 16.4. The molecule has 0 saturated carbocycles. The van der Waals surface area contributed by atoms with E-state index in [9.17, 15) is 9.65 Å². The van der Waals surface area contributed by atoms with Crippen molar-refractivity contribution in [2.24, 2.45) is 7.05 Å². The minimum Gasteiger partial charge on any atom is -0.378 e. The van der Waals surface area contributed by atoms with Gasteiger partial charge in [-0.25, -0.2) is 4.39 Å². The van der Waals surface area contributed by atoms with Crippen LogP contribution in [0, 0.1) is 17.1 Å². The highest BCUT2D eigenvalue weighted by molar-refractivity contribution is 7.99. The Labute approximate surface area is 174 Å². The molecule has 3 aromatic rings. The molecule has 4 nitrogen and oxygen atoms in total. The summed E-state index contributed by atoms with van der Waals surface area (Å²) in [5.41, 5.74) is 2.16. The average molecular weight is 408 g/mol. The Morgan fingerprint density at radius 3 is 2.66 bits per heavy atom. The highest BCUT2D eigenvalue weighted by Gasteiger charge is 2.38. The summed E-state index contributed by atoms with van der Waals surface area (Å²) < 4.78 is 21.9. The molecule has 1 fully saturated rings. The van der Waals surface area contributed by atoms with E-state index in [1.807, 2.05) is 55.1 Å². The maximum absolute atomic E-state index is 14.4. The lowest BCUT2D eigenvalue weighted by Gasteiger charge is -2.35. The van der Waals surface area contributed by atoms with E-state index in [0.29, 0.717) is 19.4 Å². The Balaban J connectivity index is 1.60. The molecular formula is C23H22FN3OS. The molecule has 0 amide bonds. The third-order valence-electron chi connectivity index (χ3n) is 5.41. The van der Waals surface area contributed by atoms with Gasteiger partial charge in [-0.15, -0.1) is 0 Å². The quantitative estimate of drug-likeness (QED) is 0.586. The normalized spacial score (nSPS) is 21.7. The zero-order chi connectivity index (χ0) is 20.4. The van der Waals surface area contributed by atoms with Crippen molar-refractivity contribution in [2.45, 2.75) is 41.1 Å². The molecule has 2 aromatic carbocycles. The first-order valence-corrected chi connectivity index (χ1v) is 10.4. The number of ether oxygens (including phenoxy) is 1. The predicted molar refractivity (Wildman–Crippen MR) is 111 cm³/mol. The van der Waals surface area contributed by atoms with E-state index in [2.05, 4.69) is 11.2 Å². The van der Waals surface area contributed by atoms with Gasteiger partial charge in [0.1, 0.15) is 5.82 Å². The lowest BCUT2D eigenvalue weighted by molar-refractivity contribution is 0.00343. The van der Waals surface area contributed by atoms with Gasteiger partial charge in [-0.1, -0.05) is 23.9 Å². The molecule has 2 heterocycles. The summed E-state index contributed by atoms with van der Waals surface area (Å²) in [5, 5.41) is 14.1. The minimum absolute atomic E-state index is 0.0117. The molecule has 1 saturated heterocycles. The van der Waals surface area contributed by atoms with E-state index in [1.165, 1.54) is 23.9 Å². The van der Waals surface area contributed by atoms with E-state index in [-0.39, 0.29) is 11.9 Å². The number of rotatable bonds is 4. The van der Waals surface area contributed by atoms with Crippen LogP contribution in [0.4, 0.5) is 4.39 Å². The van der Waals surface area contributed by atoms with Crippen LogP contribution >= 0.6 is 11.8 Å². The number of aromatic nitrogens is 2. The van der Waals surface area contributed by atoms with E-state index >= 15 is 0 Å². The maximum atomic E-state index is 14.4. The second-order valence-electron chi connectivity index (χ2n) is 7.47. The summed E-state index contributed by atoms with van der Waals surface area (Å²) in [6.07, 6.45) is 2.92. The van der Waals surface area contributed by atoms with Crippen molar-refractivity contribution in [1.82, 2.24) is 9.78 Å². The third-order valence-corrected chi connectivity index (χ3v) is 6.39. The topological polar surface area (TPSA) is 50.8 Å². The molecule has 6 heteroatoms. The third kappa shape index (κ3) is 4.07. The van der Waals surface area contributed by atoms with E-state index in [0.717, 1.165) is 26.6 Å². The van der Waals surface area contributed by atoms with Crippen LogP contribution in [0.3, 0.4) is 0 Å². The number of hydrogen-bond acceptors (Lipinski definition) is 4. The first-order valence-electron chi connectivity index (χ1n) is 9.59. The molecule has 1 aliphatic rings. The van der Waals surface area contributed by atoms with Gasteiger partial charge in [-0.05, 0) is 67.3 Å². The molecule has 0 radical (unpaired) electrons. The summed E-state index contributed by atoms with van der Waals surface area (Å²) >= 11 is 1.50. The average Bonchev–Trinajstić information content (AvgIpc) is 3.14. The molecule has 0 N–H and O–H groups in total. The van der Waals surface area contributed by atoms with Crippen LogP contribution in [0.25, 0.3) is 11.3 Å². The van der Waals surface area contributed by atoms with Gasteiger partial charge in [0.25, 0.3) is 0 Å². The number of nitriles is 1. The first kappa shape index (κ1) is 19.7. The van der Waals surface area contributed by atoms with E-state index in [4.69, 9.17) is 4.74 Å². The Morgan fingerprint density at radius 2 is 2.00 bits per heavy atom. The standard InChI is InChI=1S/C23H22FN3OS/c1-16-14-23(15-25,8-10-28-16)18-11-19(24)13-21(12-18)29-20-5-3-17(4-6-20)22-7-9-26-27(22)2/h3-7,9,11-13,16H,8,10,14H2,1-2H3/t16-,23-/m0/s1. The first-order chi connectivity index (χ1) is 14.0. The van der Waals surface area contributed by atoms with Crippen molar-refractivity contribution in [3.05, 3.63) is 66.1 Å². The molecule has 2 atom stereocenters. The van der Waals surface area contributed by atoms with Crippen LogP contribution < -0.4 is 0 Å². The van der Waals surface area contributed by atoms with Gasteiger partial charge in [0.2, 0.25) is 0 Å². The predicted octanol–water partition coefficient (Wildman–Crippen LogP) is 5.34. The Bertz CT molecular complexity index is 1060. The van der Waals surface area contributed by atoms with E-state index < -0.39 is 5.41 Å². The van der Waals surface area contributed by atoms with Gasteiger partial charge in [-0.2, -0.15) is 10.4 Å². The Kier molecular flexibility index (Phi) is 5.44. The number of benzene rings is 2. The molecule has 4 rings (SSSR count). The number of hydrogen-bond donors (Lipinski definition) is 0. The monoisotopic (exact) mass is 407 g/mol. The van der Waals surface area contributed by atoms with Gasteiger partial charge in [-0.3, -0.25) is 4.68 Å². The second-order valence-corrected chi connectivity index (χ2v) is 8.62. The molecule has 0 aliphatic carbocycles. The molecule has 29 heavy (non-hydrogen) atoms. The molecular weight excluding hydrogens is 385 g/mol. The van der Waals surface area contributed by atoms with Gasteiger partial charge in [0.05, 0.1) is 23.3 Å². The molecule has 1 aliphatic heterocycles. The van der Waals surface area contributed by atoms with Crippen molar-refractivity contribution >= 4 is 11.8 Å². The minimum atomic E-state index is -0.696. The van der Waals surface area contributed by atoms with Crippen LogP contribution in [0.15, 0.2) is 64.5 Å². The maximum Gasteiger partial charge on any atom is 0.124 e. The Hall–Kier alpha value is -2.62. The van der Waals surface area contributed by atoms with Gasteiger partial charge >= 0.3 is 0 Å². The highest BCUT2D eigenvalue weighted by Crippen LogP contribution is 2.39. The number of halogens is 1. The SMILES string of the molecule is C[C@H]1C[C@@](C#N)(c2cc(F)cc(Sc3ccc(-c4ccnn4C)cc3)c2)CCO1. The van der Waals surface area contributed by atoms with Crippen molar-refractivity contribution < 1.29 is 9.13 Å². The smallest absolute Gasteiger partial charge is 0.124 e. The summed E-state index contributed by atoms with van der Waals surface area (Å²) in [5.74, 6) is -0.315. The van der Waals surface area contributed by atoms with Crippen LogP contribution in [0.1, 0.15) is 25.3 Å². The lowest BCUT2D eigenvalue weighted by Crippen LogP contribution is -2.36. The summed E-state index contributed by atoms with van der Waals surface area (Å²) in [6.45, 7) is 2.48. The molecule has 148 valence electrons. The molecule has 0 spiro atoms. The molecule has 0 bridgehead atoms. The van der Waals surface area contributed by atoms with Crippen molar-refractivity contribution in [1.29, 1.82) is 5.26 Å². The fraction of sp³-hybridized carbons (Fsp3) is 0.304. The highest BCUT2D eigenvalue weighted by atomic mass is 32.2. The summed E-state index contributed by atoms with van der Waals surface area (Å²) in [6, 6.07) is 17.5. The number of nitrogens with zero attached hydrogens (tertiary/aromatic N) is 3. The lowest BCUT2D eigenvalue weighted by atomic mass is 9.74. The van der Waals surface area contributed by atoms with Gasteiger partial charge < -0.3 is 4.74 Å². The van der Waals surface area contributed by atoms with E-state index in [1.54, 1.807) is 6.20 Å². The van der Waals surface area contributed by atoms with Crippen LogP contribution in [-0.4, -0.2) is 22.5 Å². The van der Waals surface area contributed by atoms with Crippen molar-refractivity contribution in [2.75, 3.05) is 6.61 Å². The summed E-state index contributed by atoms with van der Waals surface area (Å²) in [7, 11) is 1.91. The molecule has 1 aromatic heterocycles. The van der Waals surface area contributed by atoms with Crippen molar-refractivity contribution in [3.63, 3.8) is 0 Å². The largest absolute Gasteiger partial charge is 0.378 e. The Morgan fingerprint density at radius 1 is 1.21 bits per heavy atom. The fourth-order valence-corrected chi connectivity index (χ4v) is 4.80. The van der Waals surface area contributed by atoms with Crippen LogP contribution in [0.5, 0.6) is 0 Å². The molecule has 0 unspecified atom stereocenters. The van der Waals surface area contributed by atoms with Crippen LogP contribution in [0.2, 0.25) is 0 Å². The summed E-state index contributed by atoms with van der Waals surface area (Å²) in [4.78, 5) is 1.81. The van der Waals surface area contributed by atoms with Gasteiger partial charge in [0, 0.05) is 29.6 Å². The van der Waals surface area contributed by atoms with Gasteiger partial charge in [0.15, 0.2) is 0 Å². The van der Waals surface area contributed by atoms with Crippen molar-refractivity contribution in [3.8, 4) is 17.3 Å². The fourth-order valence-electron chi connectivity index (χ4n) is 3.90. The van der Waals surface area contributed by atoms with Crippen LogP contribution in [-0.2, 0) is 17.2 Å². The number of aryl methyl sites for hydroxylation is 1. The zero-order valence-corrected chi connectivity index (χ0v) is 17.2. The second kappa shape index (κ2) is 8.02.